The summed E-state index contributed by atoms with van der Waals surface area (Å²) >= 11 is 0. The number of nitrogens with zero attached hydrogens (tertiary/aromatic N) is 3. The van der Waals surface area contributed by atoms with Crippen molar-refractivity contribution >= 4 is 5.82 Å². The molecule has 2 aromatic heterocycles. The monoisotopic (exact) mass is 394 g/mol. The van der Waals surface area contributed by atoms with Gasteiger partial charge in [0.2, 0.25) is 0 Å². The molecule has 148 valence electrons. The van der Waals surface area contributed by atoms with Crippen molar-refractivity contribution in [2.75, 3.05) is 11.9 Å². The molecule has 1 atom stereocenters. The number of imidazole rings is 1. The van der Waals surface area contributed by atoms with Gasteiger partial charge in [-0.05, 0) is 29.8 Å². The van der Waals surface area contributed by atoms with Crippen LogP contribution in [0.2, 0.25) is 0 Å². The molecule has 0 spiro atoms. The second-order valence-electron chi connectivity index (χ2n) is 5.92. The number of aromatic nitrogens is 3. The van der Waals surface area contributed by atoms with Gasteiger partial charge in [-0.3, -0.25) is 4.98 Å². The molecule has 3 aromatic rings. The molecule has 1 unspecified atom stereocenters. The molecule has 0 aliphatic rings. The molecule has 0 saturated heterocycles. The zero-order valence-electron chi connectivity index (χ0n) is 14.5. The maximum Gasteiger partial charge on any atom is 0.194 e. The van der Waals surface area contributed by atoms with Crippen LogP contribution in [0.15, 0.2) is 43.0 Å². The fourth-order valence-corrected chi connectivity index (χ4v) is 2.41. The lowest BCUT2D eigenvalue weighted by molar-refractivity contribution is 0.129. The van der Waals surface area contributed by atoms with E-state index in [2.05, 4.69) is 15.3 Å². The first-order valence-electron chi connectivity index (χ1n) is 8.23. The largest absolute Gasteiger partial charge is 0.487 e. The molecule has 3 rings (SSSR count). The second kappa shape index (κ2) is 8.72. The van der Waals surface area contributed by atoms with Crippen LogP contribution in [0, 0.1) is 17.5 Å². The fourth-order valence-electron chi connectivity index (χ4n) is 2.41. The van der Waals surface area contributed by atoms with Gasteiger partial charge in [0.1, 0.15) is 18.2 Å². The van der Waals surface area contributed by atoms with Gasteiger partial charge in [-0.25, -0.2) is 18.2 Å². The van der Waals surface area contributed by atoms with Crippen LogP contribution in [0.4, 0.5) is 19.0 Å². The molecule has 10 heteroatoms. The minimum atomic E-state index is -1.51. The summed E-state index contributed by atoms with van der Waals surface area (Å²) in [5.74, 6) is -3.30. The van der Waals surface area contributed by atoms with Gasteiger partial charge in [0, 0.05) is 12.7 Å². The third kappa shape index (κ3) is 4.99. The molecule has 0 amide bonds. The average Bonchev–Trinajstić information content (AvgIpc) is 3.11. The van der Waals surface area contributed by atoms with Crippen LogP contribution < -0.4 is 10.1 Å². The Labute approximate surface area is 158 Å². The highest BCUT2D eigenvalue weighted by Crippen LogP contribution is 2.16. The molecule has 0 fully saturated rings. The van der Waals surface area contributed by atoms with Gasteiger partial charge in [-0.1, -0.05) is 0 Å². The Bertz CT molecular complexity index is 911. The lowest BCUT2D eigenvalue weighted by Crippen LogP contribution is -2.26. The van der Waals surface area contributed by atoms with Crippen molar-refractivity contribution in [1.29, 1.82) is 0 Å². The summed E-state index contributed by atoms with van der Waals surface area (Å²) in [7, 11) is 0. The number of anilines is 1. The lowest BCUT2D eigenvalue weighted by Gasteiger charge is -2.13. The van der Waals surface area contributed by atoms with E-state index in [0.29, 0.717) is 17.3 Å². The number of aliphatic hydroxyl groups excluding tert-OH is 2. The first-order valence-corrected chi connectivity index (χ1v) is 8.23. The Morgan fingerprint density at radius 3 is 2.54 bits per heavy atom. The van der Waals surface area contributed by atoms with Crippen LogP contribution in [0.25, 0.3) is 0 Å². The van der Waals surface area contributed by atoms with E-state index in [1.807, 2.05) is 0 Å². The molecule has 2 heterocycles. The summed E-state index contributed by atoms with van der Waals surface area (Å²) in [5, 5.41) is 21.6. The van der Waals surface area contributed by atoms with Crippen molar-refractivity contribution in [3.63, 3.8) is 0 Å². The van der Waals surface area contributed by atoms with Crippen molar-refractivity contribution in [2.24, 2.45) is 0 Å². The highest BCUT2D eigenvalue weighted by molar-refractivity contribution is 5.32. The number of pyridine rings is 1. The minimum absolute atomic E-state index is 0.0677. The van der Waals surface area contributed by atoms with E-state index in [-0.39, 0.29) is 25.3 Å². The molecular formula is C18H17F3N4O3. The highest BCUT2D eigenvalue weighted by Gasteiger charge is 2.12. The number of ether oxygens (including phenoxy) is 1. The SMILES string of the molecule is OCc1ccc(OCC(O)Nc2cn(Cc3cc(F)c(F)c(F)c3)cn2)cn1. The number of nitrogens with one attached hydrogen (secondary N) is 1. The van der Waals surface area contributed by atoms with Crippen molar-refractivity contribution < 1.29 is 28.1 Å². The second-order valence-corrected chi connectivity index (χ2v) is 5.92. The van der Waals surface area contributed by atoms with E-state index in [0.717, 1.165) is 12.1 Å². The Morgan fingerprint density at radius 2 is 1.89 bits per heavy atom. The maximum absolute atomic E-state index is 13.3. The predicted molar refractivity (Wildman–Crippen MR) is 92.9 cm³/mol. The summed E-state index contributed by atoms with van der Waals surface area (Å²) in [6.07, 6.45) is 3.25. The molecular weight excluding hydrogens is 377 g/mol. The number of aliphatic hydroxyl groups is 2. The van der Waals surface area contributed by atoms with Crippen molar-refractivity contribution in [3.05, 3.63) is 71.7 Å². The minimum Gasteiger partial charge on any atom is -0.487 e. The molecule has 3 N–H and O–H groups in total. The highest BCUT2D eigenvalue weighted by atomic mass is 19.2. The number of rotatable bonds is 8. The van der Waals surface area contributed by atoms with Gasteiger partial charge in [0.05, 0.1) is 24.8 Å². The van der Waals surface area contributed by atoms with Gasteiger partial charge in [-0.15, -0.1) is 0 Å². The van der Waals surface area contributed by atoms with Crippen molar-refractivity contribution in [2.45, 2.75) is 19.4 Å². The lowest BCUT2D eigenvalue weighted by atomic mass is 10.2. The number of hydrogen-bond donors (Lipinski definition) is 3. The van der Waals surface area contributed by atoms with Crippen molar-refractivity contribution in [3.8, 4) is 5.75 Å². The average molecular weight is 394 g/mol. The quantitative estimate of drug-likeness (QED) is 0.400. The van der Waals surface area contributed by atoms with Gasteiger partial charge < -0.3 is 24.8 Å². The molecule has 0 radical (unpaired) electrons. The molecule has 1 aromatic carbocycles. The molecule has 0 saturated carbocycles. The zero-order chi connectivity index (χ0) is 20.1. The Hall–Kier alpha value is -3.11. The van der Waals surface area contributed by atoms with Gasteiger partial charge in [0.25, 0.3) is 0 Å². The first kappa shape index (κ1) is 19.6. The van der Waals surface area contributed by atoms with Crippen LogP contribution in [-0.4, -0.2) is 37.6 Å². The standard InChI is InChI=1S/C18H17F3N4O3/c19-14-3-11(4-15(20)18(14)21)6-25-7-16(23-10-25)24-17(27)9-28-13-2-1-12(8-26)22-5-13/h1-5,7,10,17,24,26-27H,6,8-9H2. The van der Waals surface area contributed by atoms with E-state index in [9.17, 15) is 18.3 Å². The van der Waals surface area contributed by atoms with E-state index >= 15 is 0 Å². The number of halogens is 3. The van der Waals surface area contributed by atoms with Crippen molar-refractivity contribution in [1.82, 2.24) is 14.5 Å². The third-order valence-corrected chi connectivity index (χ3v) is 3.72. The van der Waals surface area contributed by atoms with Crippen LogP contribution in [-0.2, 0) is 13.2 Å². The van der Waals surface area contributed by atoms with Crippen LogP contribution in [0.5, 0.6) is 5.75 Å². The normalized spacial score (nSPS) is 12.0. The molecule has 7 nitrogen and oxygen atoms in total. The van der Waals surface area contributed by atoms with E-state index in [4.69, 9.17) is 9.84 Å². The Morgan fingerprint density at radius 1 is 1.14 bits per heavy atom. The smallest absolute Gasteiger partial charge is 0.194 e. The first-order chi connectivity index (χ1) is 13.4. The topological polar surface area (TPSA) is 92.4 Å². The van der Waals surface area contributed by atoms with Gasteiger partial charge in [-0.2, -0.15) is 0 Å². The third-order valence-electron chi connectivity index (χ3n) is 3.72. The van der Waals surface area contributed by atoms with E-state index in [1.165, 1.54) is 23.3 Å². The zero-order valence-corrected chi connectivity index (χ0v) is 14.5. The van der Waals surface area contributed by atoms with Gasteiger partial charge >= 0.3 is 0 Å². The summed E-state index contributed by atoms with van der Waals surface area (Å²) in [6, 6.07) is 5.02. The molecule has 0 aliphatic heterocycles. The van der Waals surface area contributed by atoms with E-state index < -0.39 is 23.7 Å². The predicted octanol–water partition coefficient (Wildman–Crippen LogP) is 2.05. The number of hydrogen-bond acceptors (Lipinski definition) is 6. The fraction of sp³-hybridized carbons (Fsp3) is 0.222. The molecule has 0 aliphatic carbocycles. The molecule has 28 heavy (non-hydrogen) atoms. The Balaban J connectivity index is 1.53. The number of benzene rings is 1. The van der Waals surface area contributed by atoms with Crippen LogP contribution in [0.3, 0.4) is 0 Å². The molecule has 0 bridgehead atoms. The summed E-state index contributed by atoms with van der Waals surface area (Å²) in [4.78, 5) is 7.98. The summed E-state index contributed by atoms with van der Waals surface area (Å²) in [5.41, 5.74) is 0.723. The Kier molecular flexibility index (Phi) is 6.12. The maximum atomic E-state index is 13.3. The van der Waals surface area contributed by atoms with Crippen LogP contribution in [0.1, 0.15) is 11.3 Å². The van der Waals surface area contributed by atoms with Crippen LogP contribution >= 0.6 is 0 Å². The van der Waals surface area contributed by atoms with E-state index in [1.54, 1.807) is 12.1 Å². The van der Waals surface area contributed by atoms with Gasteiger partial charge in [0.15, 0.2) is 23.7 Å². The summed E-state index contributed by atoms with van der Waals surface area (Å²) in [6.45, 7) is -0.204. The summed E-state index contributed by atoms with van der Waals surface area (Å²) < 4.78 is 46.4.